The third-order valence-corrected chi connectivity index (χ3v) is 3.68. The molecule has 2 rings (SSSR count). The van der Waals surface area contributed by atoms with Crippen LogP contribution in [-0.4, -0.2) is 12.6 Å². The number of nitrogens with one attached hydrogen (secondary N) is 1. The topological polar surface area (TPSA) is 12.0 Å². The van der Waals surface area contributed by atoms with Gasteiger partial charge in [-0.15, -0.1) is 11.3 Å². The molecule has 13 heavy (non-hydrogen) atoms. The van der Waals surface area contributed by atoms with Gasteiger partial charge in [0, 0.05) is 17.5 Å². The molecule has 1 aliphatic carbocycles. The van der Waals surface area contributed by atoms with E-state index in [4.69, 9.17) is 0 Å². The number of rotatable bonds is 5. The van der Waals surface area contributed by atoms with Crippen LogP contribution in [0, 0.1) is 5.92 Å². The fourth-order valence-corrected chi connectivity index (χ4v) is 2.35. The molecule has 0 amide bonds. The Morgan fingerprint density at radius 2 is 2.46 bits per heavy atom. The highest BCUT2D eigenvalue weighted by atomic mass is 32.1. The van der Waals surface area contributed by atoms with Gasteiger partial charge in [0.25, 0.3) is 0 Å². The van der Waals surface area contributed by atoms with Crippen molar-refractivity contribution in [1.29, 1.82) is 0 Å². The molecule has 1 atom stereocenters. The number of hydrogen-bond donors (Lipinski definition) is 1. The van der Waals surface area contributed by atoms with Crippen molar-refractivity contribution in [3.63, 3.8) is 0 Å². The SMILES string of the molecule is CC(NCCc1cccs1)C1CC1. The Hall–Kier alpha value is -0.340. The highest BCUT2D eigenvalue weighted by molar-refractivity contribution is 7.09. The molecule has 0 spiro atoms. The molecule has 1 saturated carbocycles. The highest BCUT2D eigenvalue weighted by Crippen LogP contribution is 2.32. The second-order valence-corrected chi connectivity index (χ2v) is 4.94. The van der Waals surface area contributed by atoms with Gasteiger partial charge in [0.1, 0.15) is 0 Å². The van der Waals surface area contributed by atoms with Gasteiger partial charge in [-0.2, -0.15) is 0 Å². The minimum absolute atomic E-state index is 0.736. The van der Waals surface area contributed by atoms with Gasteiger partial charge in [-0.3, -0.25) is 0 Å². The van der Waals surface area contributed by atoms with Crippen LogP contribution >= 0.6 is 11.3 Å². The lowest BCUT2D eigenvalue weighted by molar-refractivity contribution is 0.501. The van der Waals surface area contributed by atoms with Gasteiger partial charge in [-0.25, -0.2) is 0 Å². The van der Waals surface area contributed by atoms with Crippen molar-refractivity contribution in [2.75, 3.05) is 6.54 Å². The second-order valence-electron chi connectivity index (χ2n) is 3.91. The van der Waals surface area contributed by atoms with E-state index < -0.39 is 0 Å². The first-order chi connectivity index (χ1) is 6.36. The third kappa shape index (κ3) is 2.82. The lowest BCUT2D eigenvalue weighted by Crippen LogP contribution is -2.29. The quantitative estimate of drug-likeness (QED) is 0.761. The maximum Gasteiger partial charge on any atom is 0.00671 e. The maximum atomic E-state index is 3.59. The van der Waals surface area contributed by atoms with E-state index in [1.807, 2.05) is 11.3 Å². The minimum atomic E-state index is 0.736. The van der Waals surface area contributed by atoms with Crippen molar-refractivity contribution >= 4 is 11.3 Å². The van der Waals surface area contributed by atoms with Gasteiger partial charge in [-0.05, 0) is 43.6 Å². The molecule has 0 aromatic carbocycles. The molecule has 1 nitrogen and oxygen atoms in total. The summed E-state index contributed by atoms with van der Waals surface area (Å²) in [5.74, 6) is 0.975. The van der Waals surface area contributed by atoms with Crippen LogP contribution in [0.1, 0.15) is 24.6 Å². The number of hydrogen-bond acceptors (Lipinski definition) is 2. The summed E-state index contributed by atoms with van der Waals surface area (Å²) in [7, 11) is 0. The van der Waals surface area contributed by atoms with E-state index in [0.717, 1.165) is 18.5 Å². The summed E-state index contributed by atoms with van der Waals surface area (Å²) < 4.78 is 0. The smallest absolute Gasteiger partial charge is 0.00671 e. The lowest BCUT2D eigenvalue weighted by Gasteiger charge is -2.11. The van der Waals surface area contributed by atoms with E-state index in [2.05, 4.69) is 29.8 Å². The first-order valence-corrected chi connectivity index (χ1v) is 6.00. The largest absolute Gasteiger partial charge is 0.314 e. The van der Waals surface area contributed by atoms with Gasteiger partial charge in [0.05, 0.1) is 0 Å². The van der Waals surface area contributed by atoms with E-state index in [9.17, 15) is 0 Å². The Morgan fingerprint density at radius 1 is 1.62 bits per heavy atom. The van der Waals surface area contributed by atoms with Crippen LogP contribution in [0.15, 0.2) is 17.5 Å². The standard InChI is InChI=1S/C11H17NS/c1-9(10-4-5-10)12-7-6-11-3-2-8-13-11/h2-3,8-10,12H,4-7H2,1H3. The molecular formula is C11H17NS. The summed E-state index contributed by atoms with van der Waals surface area (Å²) >= 11 is 1.86. The van der Waals surface area contributed by atoms with Crippen molar-refractivity contribution in [1.82, 2.24) is 5.32 Å². The van der Waals surface area contributed by atoms with Crippen LogP contribution < -0.4 is 5.32 Å². The van der Waals surface area contributed by atoms with Crippen LogP contribution in [0.25, 0.3) is 0 Å². The Balaban J connectivity index is 1.63. The molecule has 2 heteroatoms. The van der Waals surface area contributed by atoms with E-state index in [1.54, 1.807) is 0 Å². The molecule has 1 unspecified atom stereocenters. The Kier molecular flexibility index (Phi) is 3.01. The van der Waals surface area contributed by atoms with Gasteiger partial charge in [0.2, 0.25) is 0 Å². The Labute approximate surface area is 84.2 Å². The average Bonchev–Trinajstić information content (AvgIpc) is 2.86. The molecule has 0 saturated heterocycles. The summed E-state index contributed by atoms with van der Waals surface area (Å²) in [5, 5.41) is 5.74. The maximum absolute atomic E-state index is 3.59. The van der Waals surface area contributed by atoms with Crippen molar-refractivity contribution in [3.05, 3.63) is 22.4 Å². The van der Waals surface area contributed by atoms with Crippen LogP contribution in [0.3, 0.4) is 0 Å². The zero-order valence-corrected chi connectivity index (χ0v) is 8.94. The normalized spacial score (nSPS) is 18.8. The first-order valence-electron chi connectivity index (χ1n) is 5.12. The number of thiophene rings is 1. The van der Waals surface area contributed by atoms with Crippen LogP contribution in [0.2, 0.25) is 0 Å². The predicted octanol–water partition coefficient (Wildman–Crippen LogP) is 2.68. The average molecular weight is 195 g/mol. The van der Waals surface area contributed by atoms with Crippen LogP contribution in [-0.2, 0) is 6.42 Å². The molecule has 0 radical (unpaired) electrons. The molecule has 1 aromatic rings. The lowest BCUT2D eigenvalue weighted by atomic mass is 10.2. The van der Waals surface area contributed by atoms with E-state index in [1.165, 1.54) is 24.1 Å². The van der Waals surface area contributed by atoms with Crippen molar-refractivity contribution in [2.24, 2.45) is 5.92 Å². The molecule has 1 aromatic heterocycles. The summed E-state index contributed by atoms with van der Waals surface area (Å²) in [6.07, 6.45) is 4.06. The second kappa shape index (κ2) is 4.25. The fourth-order valence-electron chi connectivity index (χ4n) is 1.64. The summed E-state index contributed by atoms with van der Waals surface area (Å²) in [5.41, 5.74) is 0. The molecule has 1 aliphatic rings. The van der Waals surface area contributed by atoms with Crippen LogP contribution in [0.5, 0.6) is 0 Å². The van der Waals surface area contributed by atoms with Crippen molar-refractivity contribution < 1.29 is 0 Å². The van der Waals surface area contributed by atoms with Crippen LogP contribution in [0.4, 0.5) is 0 Å². The highest BCUT2D eigenvalue weighted by Gasteiger charge is 2.27. The zero-order chi connectivity index (χ0) is 9.10. The van der Waals surface area contributed by atoms with Gasteiger partial charge in [0.15, 0.2) is 0 Å². The monoisotopic (exact) mass is 195 g/mol. The molecule has 0 bridgehead atoms. The molecule has 72 valence electrons. The molecule has 1 heterocycles. The molecular weight excluding hydrogens is 178 g/mol. The molecule has 1 fully saturated rings. The predicted molar refractivity (Wildman–Crippen MR) is 58.2 cm³/mol. The van der Waals surface area contributed by atoms with Crippen molar-refractivity contribution in [2.45, 2.75) is 32.2 Å². The van der Waals surface area contributed by atoms with E-state index in [0.29, 0.717) is 0 Å². The Morgan fingerprint density at radius 3 is 3.08 bits per heavy atom. The summed E-state index contributed by atoms with van der Waals surface area (Å²) in [4.78, 5) is 1.50. The van der Waals surface area contributed by atoms with Gasteiger partial charge < -0.3 is 5.32 Å². The fraction of sp³-hybridized carbons (Fsp3) is 0.636. The first kappa shape index (κ1) is 9.22. The van der Waals surface area contributed by atoms with E-state index in [-0.39, 0.29) is 0 Å². The van der Waals surface area contributed by atoms with E-state index >= 15 is 0 Å². The zero-order valence-electron chi connectivity index (χ0n) is 8.12. The van der Waals surface area contributed by atoms with Crippen molar-refractivity contribution in [3.8, 4) is 0 Å². The summed E-state index contributed by atoms with van der Waals surface area (Å²) in [6, 6.07) is 5.08. The van der Waals surface area contributed by atoms with Gasteiger partial charge >= 0.3 is 0 Å². The third-order valence-electron chi connectivity index (χ3n) is 2.75. The van der Waals surface area contributed by atoms with Gasteiger partial charge in [-0.1, -0.05) is 6.07 Å². The Bertz CT molecular complexity index is 239. The molecule has 1 N–H and O–H groups in total. The summed E-state index contributed by atoms with van der Waals surface area (Å²) in [6.45, 7) is 3.45. The minimum Gasteiger partial charge on any atom is -0.314 e. The molecule has 0 aliphatic heterocycles.